The number of nitrogens with zero attached hydrogens (tertiary/aromatic N) is 2. The van der Waals surface area contributed by atoms with Gasteiger partial charge in [-0.05, 0) is 35.1 Å². The fraction of sp³-hybridized carbons (Fsp3) is 0.381. The Balaban J connectivity index is 0.00000127. The molecule has 0 amide bonds. The van der Waals surface area contributed by atoms with Gasteiger partial charge in [0.05, 0.1) is 11.4 Å². The summed E-state index contributed by atoms with van der Waals surface area (Å²) in [7, 11) is 0. The molecular weight excluding hydrogens is 280 g/mol. The molecule has 0 saturated heterocycles. The monoisotopic (exact) mass is 308 g/mol. The molecule has 0 aromatic heterocycles. The van der Waals surface area contributed by atoms with Gasteiger partial charge in [-0.1, -0.05) is 77.9 Å². The molecule has 23 heavy (non-hydrogen) atoms. The summed E-state index contributed by atoms with van der Waals surface area (Å²) >= 11 is 0. The van der Waals surface area contributed by atoms with Crippen LogP contribution in [0, 0.1) is 0 Å². The zero-order valence-electron chi connectivity index (χ0n) is 15.2. The van der Waals surface area contributed by atoms with Gasteiger partial charge >= 0.3 is 0 Å². The molecule has 0 fully saturated rings. The maximum atomic E-state index is 4.41. The highest BCUT2D eigenvalue weighted by Crippen LogP contribution is 2.27. The van der Waals surface area contributed by atoms with Crippen molar-refractivity contribution >= 4 is 17.4 Å². The van der Waals surface area contributed by atoms with Crippen LogP contribution in [0.4, 0.5) is 11.4 Å². The number of rotatable bonds is 4. The van der Waals surface area contributed by atoms with E-state index >= 15 is 0 Å². The average Bonchev–Trinajstić information content (AvgIpc) is 2.57. The van der Waals surface area contributed by atoms with E-state index in [0.717, 1.165) is 11.4 Å². The Morgan fingerprint density at radius 3 is 1.35 bits per heavy atom. The van der Waals surface area contributed by atoms with Gasteiger partial charge in [-0.25, -0.2) is 0 Å². The SMILES string of the molecule is CC.CC(C)c1ccccc1N=C=Nc1ccccc1C(C)C. The summed E-state index contributed by atoms with van der Waals surface area (Å²) in [5.74, 6) is 0.879. The van der Waals surface area contributed by atoms with E-state index in [-0.39, 0.29) is 0 Å². The van der Waals surface area contributed by atoms with Gasteiger partial charge in [0, 0.05) is 0 Å². The van der Waals surface area contributed by atoms with Crippen molar-refractivity contribution in [2.75, 3.05) is 0 Å². The van der Waals surface area contributed by atoms with E-state index in [1.165, 1.54) is 11.1 Å². The fourth-order valence-electron chi connectivity index (χ4n) is 2.29. The molecule has 0 N–H and O–H groups in total. The van der Waals surface area contributed by atoms with Crippen molar-refractivity contribution < 1.29 is 0 Å². The molecule has 0 atom stereocenters. The van der Waals surface area contributed by atoms with Crippen molar-refractivity contribution in [3.05, 3.63) is 59.7 Å². The van der Waals surface area contributed by atoms with E-state index in [9.17, 15) is 0 Å². The summed E-state index contributed by atoms with van der Waals surface area (Å²) in [6, 6.07) is 19.2. The number of para-hydroxylation sites is 2. The van der Waals surface area contributed by atoms with E-state index in [1.54, 1.807) is 0 Å². The van der Waals surface area contributed by atoms with Gasteiger partial charge in [-0.3, -0.25) is 0 Å². The van der Waals surface area contributed by atoms with Crippen LogP contribution < -0.4 is 0 Å². The molecule has 0 bridgehead atoms. The number of aliphatic imine (C=N–C) groups is 2. The molecule has 0 unspecified atom stereocenters. The summed E-state index contributed by atoms with van der Waals surface area (Å²) < 4.78 is 0. The highest BCUT2D eigenvalue weighted by molar-refractivity contribution is 5.62. The third kappa shape index (κ3) is 5.50. The van der Waals surface area contributed by atoms with Crippen molar-refractivity contribution in [2.45, 2.75) is 53.4 Å². The molecule has 122 valence electrons. The Bertz CT molecular complexity index is 608. The van der Waals surface area contributed by atoms with Crippen LogP contribution in [0.25, 0.3) is 0 Å². The fourth-order valence-corrected chi connectivity index (χ4v) is 2.29. The van der Waals surface area contributed by atoms with Gasteiger partial charge in [0.15, 0.2) is 0 Å². The van der Waals surface area contributed by atoms with Gasteiger partial charge in [0.2, 0.25) is 0 Å². The van der Waals surface area contributed by atoms with Gasteiger partial charge in [0.1, 0.15) is 6.01 Å². The Morgan fingerprint density at radius 2 is 1.00 bits per heavy atom. The second-order valence-electron chi connectivity index (χ2n) is 5.75. The van der Waals surface area contributed by atoms with Crippen LogP contribution in [0.2, 0.25) is 0 Å². The molecule has 0 spiro atoms. The molecular formula is C21H28N2. The molecule has 0 aliphatic rings. The van der Waals surface area contributed by atoms with Crippen LogP contribution in [0.15, 0.2) is 58.5 Å². The Morgan fingerprint density at radius 1 is 0.652 bits per heavy atom. The lowest BCUT2D eigenvalue weighted by atomic mass is 10.0. The van der Waals surface area contributed by atoms with Crippen molar-refractivity contribution in [1.29, 1.82) is 0 Å². The first-order valence-corrected chi connectivity index (χ1v) is 8.44. The average molecular weight is 308 g/mol. The van der Waals surface area contributed by atoms with Crippen LogP contribution >= 0.6 is 0 Å². The molecule has 0 heterocycles. The molecule has 2 aromatic rings. The zero-order valence-corrected chi connectivity index (χ0v) is 15.2. The third-order valence-corrected chi connectivity index (χ3v) is 3.46. The smallest absolute Gasteiger partial charge is 0.100 e. The summed E-state index contributed by atoms with van der Waals surface area (Å²) in [5, 5.41) is 0. The van der Waals surface area contributed by atoms with Gasteiger partial charge < -0.3 is 0 Å². The lowest BCUT2D eigenvalue weighted by molar-refractivity contribution is 0.866. The largest absolute Gasteiger partial charge is 0.187 e. The van der Waals surface area contributed by atoms with Gasteiger partial charge in [-0.2, -0.15) is 9.98 Å². The van der Waals surface area contributed by atoms with Gasteiger partial charge in [-0.15, -0.1) is 0 Å². The number of hydrogen-bond acceptors (Lipinski definition) is 2. The predicted octanol–water partition coefficient (Wildman–Crippen LogP) is 7.10. The minimum Gasteiger partial charge on any atom is -0.187 e. The second kappa shape index (κ2) is 9.76. The Kier molecular flexibility index (Phi) is 8.01. The molecule has 0 aliphatic carbocycles. The molecule has 0 radical (unpaired) electrons. The first-order valence-electron chi connectivity index (χ1n) is 8.44. The predicted molar refractivity (Wildman–Crippen MR) is 102 cm³/mol. The quantitative estimate of drug-likeness (QED) is 0.538. The summed E-state index contributed by atoms with van der Waals surface area (Å²) in [6.45, 7) is 12.7. The van der Waals surface area contributed by atoms with Crippen molar-refractivity contribution in [1.82, 2.24) is 0 Å². The first-order chi connectivity index (χ1) is 11.1. The molecule has 2 nitrogen and oxygen atoms in total. The molecule has 2 heteroatoms. The molecule has 0 saturated carbocycles. The van der Waals surface area contributed by atoms with Crippen molar-refractivity contribution in [3.63, 3.8) is 0 Å². The van der Waals surface area contributed by atoms with E-state index in [0.29, 0.717) is 11.8 Å². The number of hydrogen-bond donors (Lipinski definition) is 0. The second-order valence-corrected chi connectivity index (χ2v) is 5.75. The zero-order chi connectivity index (χ0) is 17.2. The van der Waals surface area contributed by atoms with Crippen molar-refractivity contribution in [3.8, 4) is 0 Å². The number of benzene rings is 2. The summed E-state index contributed by atoms with van der Waals surface area (Å²) in [5.41, 5.74) is 4.33. The van der Waals surface area contributed by atoms with Gasteiger partial charge in [0.25, 0.3) is 0 Å². The standard InChI is InChI=1S/C19H22N2.C2H6/c1-14(2)16-9-5-7-11-18(16)20-13-21-19-12-8-6-10-17(19)15(3)4;1-2/h5-12,14-15H,1-4H3;1-2H3. The lowest BCUT2D eigenvalue weighted by Crippen LogP contribution is -1.87. The van der Waals surface area contributed by atoms with E-state index < -0.39 is 0 Å². The van der Waals surface area contributed by atoms with Crippen LogP contribution in [-0.4, -0.2) is 6.01 Å². The third-order valence-electron chi connectivity index (χ3n) is 3.46. The normalized spacial score (nSPS) is 9.91. The highest BCUT2D eigenvalue weighted by atomic mass is 14.8. The maximum Gasteiger partial charge on any atom is 0.100 e. The lowest BCUT2D eigenvalue weighted by Gasteiger charge is -2.07. The topological polar surface area (TPSA) is 24.7 Å². The van der Waals surface area contributed by atoms with Crippen molar-refractivity contribution in [2.24, 2.45) is 9.98 Å². The Hall–Kier alpha value is -2.18. The summed E-state index contributed by atoms with van der Waals surface area (Å²) in [4.78, 5) is 8.81. The minimum atomic E-state index is 0.440. The molecule has 2 rings (SSSR count). The first kappa shape index (κ1) is 18.9. The maximum absolute atomic E-state index is 4.41. The highest BCUT2D eigenvalue weighted by Gasteiger charge is 2.05. The minimum absolute atomic E-state index is 0.440. The van der Waals surface area contributed by atoms with E-state index in [4.69, 9.17) is 0 Å². The molecule has 0 aliphatic heterocycles. The van der Waals surface area contributed by atoms with E-state index in [1.807, 2.05) is 50.2 Å². The van der Waals surface area contributed by atoms with Crippen LogP contribution in [0.3, 0.4) is 0 Å². The van der Waals surface area contributed by atoms with Crippen LogP contribution in [-0.2, 0) is 0 Å². The Labute approximate surface area is 141 Å². The summed E-state index contributed by atoms with van der Waals surface area (Å²) in [6.07, 6.45) is 0. The van der Waals surface area contributed by atoms with Crippen LogP contribution in [0.5, 0.6) is 0 Å². The molecule has 2 aromatic carbocycles. The van der Waals surface area contributed by atoms with E-state index in [2.05, 4.69) is 55.8 Å². The van der Waals surface area contributed by atoms with Crippen LogP contribution in [0.1, 0.15) is 64.5 Å².